The van der Waals surface area contributed by atoms with E-state index in [4.69, 9.17) is 4.74 Å². The number of methoxy groups -OCH3 is 1. The van der Waals surface area contributed by atoms with Gasteiger partial charge in [-0.25, -0.2) is 4.79 Å². The number of hydrogen-bond donors (Lipinski definition) is 0. The molecular formula is C11H11NO3. The molecule has 0 unspecified atom stereocenters. The Bertz CT molecular complexity index is 502. The second-order valence-corrected chi connectivity index (χ2v) is 3.20. The Balaban J connectivity index is 2.35. The molecule has 4 heteroatoms. The molecule has 15 heavy (non-hydrogen) atoms. The molecule has 0 atom stereocenters. The van der Waals surface area contributed by atoms with Crippen molar-refractivity contribution in [1.29, 1.82) is 0 Å². The Labute approximate surface area is 87.0 Å². The highest BCUT2D eigenvalue weighted by molar-refractivity contribution is 5.82. The van der Waals surface area contributed by atoms with Crippen LogP contribution in [0.3, 0.4) is 0 Å². The van der Waals surface area contributed by atoms with Crippen molar-refractivity contribution in [2.45, 2.75) is 0 Å². The highest BCUT2D eigenvalue weighted by Crippen LogP contribution is 2.21. The smallest absolute Gasteiger partial charge is 0.437 e. The summed E-state index contributed by atoms with van der Waals surface area (Å²) in [6.07, 6.45) is 1.25. The van der Waals surface area contributed by atoms with Gasteiger partial charge < -0.3 is 14.0 Å². The van der Waals surface area contributed by atoms with Gasteiger partial charge in [0.1, 0.15) is 5.75 Å². The van der Waals surface area contributed by atoms with Gasteiger partial charge in [0.25, 0.3) is 0 Å². The van der Waals surface area contributed by atoms with E-state index < -0.39 is 6.16 Å². The van der Waals surface area contributed by atoms with E-state index >= 15 is 0 Å². The highest BCUT2D eigenvalue weighted by Gasteiger charge is 2.05. The first-order valence-corrected chi connectivity index (χ1v) is 4.51. The van der Waals surface area contributed by atoms with Crippen LogP contribution >= 0.6 is 0 Å². The zero-order chi connectivity index (χ0) is 10.8. The SMILES string of the molecule is COC(=O)Oc1ccc2c(ccn2C)c1. The normalized spacial score (nSPS) is 10.3. The maximum absolute atomic E-state index is 10.9. The molecule has 2 aromatic rings. The first-order valence-electron chi connectivity index (χ1n) is 4.51. The van der Waals surface area contributed by atoms with E-state index in [0.29, 0.717) is 5.75 Å². The zero-order valence-electron chi connectivity index (χ0n) is 8.56. The van der Waals surface area contributed by atoms with E-state index in [0.717, 1.165) is 10.9 Å². The monoisotopic (exact) mass is 205 g/mol. The van der Waals surface area contributed by atoms with Crippen LogP contribution in [-0.2, 0) is 11.8 Å². The van der Waals surface area contributed by atoms with E-state index in [1.54, 1.807) is 12.1 Å². The van der Waals surface area contributed by atoms with Gasteiger partial charge in [-0.3, -0.25) is 0 Å². The van der Waals surface area contributed by atoms with E-state index in [2.05, 4.69) is 4.74 Å². The average Bonchev–Trinajstić information content (AvgIpc) is 2.60. The first kappa shape index (κ1) is 9.58. The molecule has 0 spiro atoms. The van der Waals surface area contributed by atoms with Gasteiger partial charge in [-0.1, -0.05) is 0 Å². The molecule has 0 aliphatic rings. The number of rotatable bonds is 1. The number of nitrogens with zero attached hydrogens (tertiary/aromatic N) is 1. The van der Waals surface area contributed by atoms with E-state index in [1.807, 2.05) is 29.9 Å². The van der Waals surface area contributed by atoms with Gasteiger partial charge in [-0.15, -0.1) is 0 Å². The Hall–Kier alpha value is -1.97. The van der Waals surface area contributed by atoms with E-state index in [1.165, 1.54) is 7.11 Å². The van der Waals surface area contributed by atoms with Crippen molar-refractivity contribution < 1.29 is 14.3 Å². The Morgan fingerprint density at radius 3 is 2.87 bits per heavy atom. The molecule has 0 bridgehead atoms. The predicted molar refractivity (Wildman–Crippen MR) is 56.0 cm³/mol. The highest BCUT2D eigenvalue weighted by atomic mass is 16.7. The van der Waals surface area contributed by atoms with Gasteiger partial charge in [0.15, 0.2) is 0 Å². The lowest BCUT2D eigenvalue weighted by Crippen LogP contribution is -2.06. The first-order chi connectivity index (χ1) is 7.20. The largest absolute Gasteiger partial charge is 0.513 e. The molecular weight excluding hydrogens is 194 g/mol. The van der Waals surface area contributed by atoms with Crippen molar-refractivity contribution in [1.82, 2.24) is 4.57 Å². The fraction of sp³-hybridized carbons (Fsp3) is 0.182. The third-order valence-corrected chi connectivity index (χ3v) is 2.22. The summed E-state index contributed by atoms with van der Waals surface area (Å²) in [6, 6.07) is 7.39. The van der Waals surface area contributed by atoms with Crippen LogP contribution in [0.5, 0.6) is 5.75 Å². The molecule has 1 aromatic carbocycles. The molecule has 2 rings (SSSR count). The molecule has 0 N–H and O–H groups in total. The van der Waals surface area contributed by atoms with Crippen LogP contribution in [0.4, 0.5) is 4.79 Å². The van der Waals surface area contributed by atoms with Crippen LogP contribution in [0.25, 0.3) is 10.9 Å². The topological polar surface area (TPSA) is 40.5 Å². The van der Waals surface area contributed by atoms with Gasteiger partial charge in [0.05, 0.1) is 7.11 Å². The van der Waals surface area contributed by atoms with Crippen LogP contribution in [0.2, 0.25) is 0 Å². The van der Waals surface area contributed by atoms with Gasteiger partial charge in [-0.2, -0.15) is 0 Å². The van der Waals surface area contributed by atoms with Crippen molar-refractivity contribution in [2.75, 3.05) is 7.11 Å². The molecule has 1 heterocycles. The van der Waals surface area contributed by atoms with Crippen molar-refractivity contribution in [3.05, 3.63) is 30.5 Å². The fourth-order valence-corrected chi connectivity index (χ4v) is 1.46. The zero-order valence-corrected chi connectivity index (χ0v) is 8.56. The van der Waals surface area contributed by atoms with Crippen LogP contribution < -0.4 is 4.74 Å². The van der Waals surface area contributed by atoms with Crippen LogP contribution in [-0.4, -0.2) is 17.8 Å². The molecule has 0 saturated carbocycles. The number of aromatic nitrogens is 1. The van der Waals surface area contributed by atoms with Gasteiger partial charge in [-0.05, 0) is 24.3 Å². The number of carbonyl (C=O) groups is 1. The molecule has 0 aliphatic heterocycles. The van der Waals surface area contributed by atoms with Crippen LogP contribution in [0.15, 0.2) is 30.5 Å². The number of carbonyl (C=O) groups excluding carboxylic acids is 1. The van der Waals surface area contributed by atoms with Gasteiger partial charge >= 0.3 is 6.16 Å². The second-order valence-electron chi connectivity index (χ2n) is 3.20. The summed E-state index contributed by atoms with van der Waals surface area (Å²) >= 11 is 0. The van der Waals surface area contributed by atoms with Crippen molar-refractivity contribution >= 4 is 17.1 Å². The van der Waals surface area contributed by atoms with E-state index in [-0.39, 0.29) is 0 Å². The molecule has 0 saturated heterocycles. The Morgan fingerprint density at radius 2 is 2.13 bits per heavy atom. The number of ether oxygens (including phenoxy) is 2. The lowest BCUT2D eigenvalue weighted by molar-refractivity contribution is 0.121. The Kier molecular flexibility index (Phi) is 2.33. The predicted octanol–water partition coefficient (Wildman–Crippen LogP) is 2.32. The number of fused-ring (bicyclic) bond motifs is 1. The average molecular weight is 205 g/mol. The minimum absolute atomic E-state index is 0.487. The minimum Gasteiger partial charge on any atom is -0.437 e. The third kappa shape index (κ3) is 1.79. The minimum atomic E-state index is -0.703. The molecule has 1 aromatic heterocycles. The summed E-state index contributed by atoms with van der Waals surface area (Å²) in [7, 11) is 3.24. The van der Waals surface area contributed by atoms with Crippen molar-refractivity contribution in [3.8, 4) is 5.75 Å². The lowest BCUT2D eigenvalue weighted by atomic mass is 10.2. The molecule has 4 nitrogen and oxygen atoms in total. The molecule has 0 amide bonds. The standard InChI is InChI=1S/C11H11NO3/c1-12-6-5-8-7-9(3-4-10(8)12)15-11(13)14-2/h3-7H,1-2H3. The Morgan fingerprint density at radius 1 is 1.33 bits per heavy atom. The summed E-state index contributed by atoms with van der Waals surface area (Å²) in [4.78, 5) is 10.9. The van der Waals surface area contributed by atoms with Crippen molar-refractivity contribution in [3.63, 3.8) is 0 Å². The van der Waals surface area contributed by atoms with Gasteiger partial charge in [0.2, 0.25) is 0 Å². The van der Waals surface area contributed by atoms with Gasteiger partial charge in [0, 0.05) is 24.1 Å². The number of benzene rings is 1. The number of hydrogen-bond acceptors (Lipinski definition) is 3. The molecule has 0 aliphatic carbocycles. The van der Waals surface area contributed by atoms with E-state index in [9.17, 15) is 4.79 Å². The maximum atomic E-state index is 10.9. The second kappa shape index (κ2) is 3.65. The summed E-state index contributed by atoms with van der Waals surface area (Å²) in [5.41, 5.74) is 1.09. The summed E-state index contributed by atoms with van der Waals surface area (Å²) < 4.78 is 11.3. The number of aryl methyl sites for hydroxylation is 1. The van der Waals surface area contributed by atoms with Crippen LogP contribution in [0, 0.1) is 0 Å². The summed E-state index contributed by atoms with van der Waals surface area (Å²) in [6.45, 7) is 0. The lowest BCUT2D eigenvalue weighted by Gasteiger charge is -2.02. The molecule has 78 valence electrons. The summed E-state index contributed by atoms with van der Waals surface area (Å²) in [5, 5.41) is 1.03. The van der Waals surface area contributed by atoms with Crippen LogP contribution in [0.1, 0.15) is 0 Å². The third-order valence-electron chi connectivity index (χ3n) is 2.22. The molecule has 0 radical (unpaired) electrons. The quantitative estimate of drug-likeness (QED) is 0.530. The molecule has 0 fully saturated rings. The fourth-order valence-electron chi connectivity index (χ4n) is 1.46. The maximum Gasteiger partial charge on any atom is 0.513 e. The summed E-state index contributed by atoms with van der Waals surface area (Å²) in [5.74, 6) is 0.487. The van der Waals surface area contributed by atoms with Crippen molar-refractivity contribution in [2.24, 2.45) is 7.05 Å².